The van der Waals surface area contributed by atoms with Crippen LogP contribution in [-0.2, 0) is 0 Å². The van der Waals surface area contributed by atoms with Crippen LogP contribution in [0.25, 0.3) is 0 Å². The van der Waals surface area contributed by atoms with E-state index >= 15 is 0 Å². The first kappa shape index (κ1) is 13.6. The first-order chi connectivity index (χ1) is 9.08. The van der Waals surface area contributed by atoms with E-state index in [0.717, 1.165) is 13.1 Å². The number of piperidine rings is 1. The highest BCUT2D eigenvalue weighted by Gasteiger charge is 2.25. The molecule has 0 bridgehead atoms. The number of anilines is 1. The van der Waals surface area contributed by atoms with E-state index in [1.54, 1.807) is 25.4 Å². The predicted molar refractivity (Wildman–Crippen MR) is 74.3 cm³/mol. The Bertz CT molecular complexity index is 423. The fraction of sp³-hybridized carbons (Fsp3) is 0.571. The summed E-state index contributed by atoms with van der Waals surface area (Å²) in [6.07, 6.45) is 2.79. The molecule has 0 radical (unpaired) electrons. The second-order valence-electron chi connectivity index (χ2n) is 5.37. The Balaban J connectivity index is 1.96. The SMILES string of the molecule is COc1ccc(NC(=O)N2CC(C)CC(C)C2)cn1. The van der Waals surface area contributed by atoms with E-state index < -0.39 is 0 Å². The van der Waals surface area contributed by atoms with Crippen LogP contribution in [0.1, 0.15) is 20.3 Å². The van der Waals surface area contributed by atoms with Gasteiger partial charge in [-0.2, -0.15) is 0 Å². The van der Waals surface area contributed by atoms with E-state index in [1.807, 2.05) is 4.90 Å². The van der Waals surface area contributed by atoms with Gasteiger partial charge in [0.25, 0.3) is 0 Å². The van der Waals surface area contributed by atoms with Crippen LogP contribution in [0.5, 0.6) is 5.88 Å². The summed E-state index contributed by atoms with van der Waals surface area (Å²) in [6.45, 7) is 6.01. The Morgan fingerprint density at radius 2 is 2.05 bits per heavy atom. The number of methoxy groups -OCH3 is 1. The second-order valence-corrected chi connectivity index (χ2v) is 5.37. The average Bonchev–Trinajstić information content (AvgIpc) is 2.38. The molecule has 1 aromatic rings. The Hall–Kier alpha value is -1.78. The summed E-state index contributed by atoms with van der Waals surface area (Å²) in [5.41, 5.74) is 0.691. The first-order valence-corrected chi connectivity index (χ1v) is 6.64. The molecule has 2 unspecified atom stereocenters. The summed E-state index contributed by atoms with van der Waals surface area (Å²) in [7, 11) is 1.57. The smallest absolute Gasteiger partial charge is 0.321 e. The summed E-state index contributed by atoms with van der Waals surface area (Å²) in [5, 5.41) is 2.87. The molecule has 5 heteroatoms. The van der Waals surface area contributed by atoms with Gasteiger partial charge >= 0.3 is 6.03 Å². The number of nitrogens with one attached hydrogen (secondary N) is 1. The predicted octanol–water partition coefficient (Wildman–Crippen LogP) is 2.60. The molecule has 1 aromatic heterocycles. The van der Waals surface area contributed by atoms with Gasteiger partial charge in [-0.1, -0.05) is 13.8 Å². The molecule has 104 valence electrons. The molecule has 1 N–H and O–H groups in total. The number of ether oxygens (including phenoxy) is 1. The number of carbonyl (C=O) groups excluding carboxylic acids is 1. The summed E-state index contributed by atoms with van der Waals surface area (Å²) in [4.78, 5) is 18.1. The molecule has 0 spiro atoms. The maximum atomic E-state index is 12.2. The van der Waals surface area contributed by atoms with Crippen molar-refractivity contribution in [1.82, 2.24) is 9.88 Å². The summed E-state index contributed by atoms with van der Waals surface area (Å²) < 4.78 is 4.98. The lowest BCUT2D eigenvalue weighted by molar-refractivity contribution is 0.156. The molecule has 1 aliphatic rings. The largest absolute Gasteiger partial charge is 0.481 e. The summed E-state index contributed by atoms with van der Waals surface area (Å²) in [6, 6.07) is 3.47. The molecular weight excluding hydrogens is 242 g/mol. The number of carbonyl (C=O) groups is 1. The molecule has 1 fully saturated rings. The van der Waals surface area contributed by atoms with Crippen molar-refractivity contribution in [3.8, 4) is 5.88 Å². The first-order valence-electron chi connectivity index (χ1n) is 6.64. The van der Waals surface area contributed by atoms with Gasteiger partial charge in [0.05, 0.1) is 19.0 Å². The second kappa shape index (κ2) is 5.91. The highest BCUT2D eigenvalue weighted by atomic mass is 16.5. The third kappa shape index (κ3) is 3.59. The minimum atomic E-state index is -0.0506. The van der Waals surface area contributed by atoms with Crippen LogP contribution in [0.3, 0.4) is 0 Å². The van der Waals surface area contributed by atoms with Gasteiger partial charge in [-0.3, -0.25) is 0 Å². The number of likely N-dealkylation sites (tertiary alicyclic amines) is 1. The molecular formula is C14H21N3O2. The van der Waals surface area contributed by atoms with E-state index in [1.165, 1.54) is 6.42 Å². The van der Waals surface area contributed by atoms with Gasteiger partial charge in [0.15, 0.2) is 0 Å². The van der Waals surface area contributed by atoms with E-state index in [4.69, 9.17) is 4.74 Å². The minimum Gasteiger partial charge on any atom is -0.481 e. The van der Waals surface area contributed by atoms with E-state index in [2.05, 4.69) is 24.1 Å². The van der Waals surface area contributed by atoms with Crippen molar-refractivity contribution >= 4 is 11.7 Å². The number of amides is 2. The molecule has 0 saturated carbocycles. The zero-order valence-corrected chi connectivity index (χ0v) is 11.7. The molecule has 19 heavy (non-hydrogen) atoms. The highest BCUT2D eigenvalue weighted by molar-refractivity contribution is 5.89. The monoisotopic (exact) mass is 263 g/mol. The van der Waals surface area contributed by atoms with Gasteiger partial charge in [-0.05, 0) is 24.3 Å². The average molecular weight is 263 g/mol. The number of hydrogen-bond acceptors (Lipinski definition) is 3. The Morgan fingerprint density at radius 1 is 1.37 bits per heavy atom. The zero-order chi connectivity index (χ0) is 13.8. The van der Waals surface area contributed by atoms with Gasteiger partial charge < -0.3 is 15.0 Å². The van der Waals surface area contributed by atoms with Crippen LogP contribution >= 0.6 is 0 Å². The molecule has 1 aliphatic heterocycles. The van der Waals surface area contributed by atoms with Gasteiger partial charge in [-0.25, -0.2) is 9.78 Å². The summed E-state index contributed by atoms with van der Waals surface area (Å²) >= 11 is 0. The molecule has 0 aliphatic carbocycles. The number of aromatic nitrogens is 1. The lowest BCUT2D eigenvalue weighted by atomic mass is 9.92. The number of rotatable bonds is 2. The number of urea groups is 1. The maximum absolute atomic E-state index is 12.2. The van der Waals surface area contributed by atoms with Gasteiger partial charge in [0.2, 0.25) is 5.88 Å². The van der Waals surface area contributed by atoms with Crippen molar-refractivity contribution in [1.29, 1.82) is 0 Å². The van der Waals surface area contributed by atoms with Crippen molar-refractivity contribution in [2.45, 2.75) is 20.3 Å². The third-order valence-electron chi connectivity index (χ3n) is 3.35. The van der Waals surface area contributed by atoms with Gasteiger partial charge in [0.1, 0.15) is 0 Å². The number of hydrogen-bond donors (Lipinski definition) is 1. The van der Waals surface area contributed by atoms with Crippen LogP contribution in [0.2, 0.25) is 0 Å². The Kier molecular flexibility index (Phi) is 4.24. The molecule has 2 heterocycles. The van der Waals surface area contributed by atoms with Crippen LogP contribution in [-0.4, -0.2) is 36.1 Å². The van der Waals surface area contributed by atoms with Crippen LogP contribution in [0, 0.1) is 11.8 Å². The van der Waals surface area contributed by atoms with Crippen LogP contribution < -0.4 is 10.1 Å². The molecule has 1 saturated heterocycles. The fourth-order valence-electron chi connectivity index (χ4n) is 2.61. The number of pyridine rings is 1. The molecule has 2 amide bonds. The van der Waals surface area contributed by atoms with Gasteiger partial charge in [-0.15, -0.1) is 0 Å². The standard InChI is InChI=1S/C14H21N3O2/c1-10-6-11(2)9-17(8-10)14(18)16-12-4-5-13(19-3)15-7-12/h4-5,7,10-11H,6,8-9H2,1-3H3,(H,16,18). The molecule has 0 aromatic carbocycles. The van der Waals surface area contributed by atoms with Crippen LogP contribution in [0.4, 0.5) is 10.5 Å². The summed E-state index contributed by atoms with van der Waals surface area (Å²) in [5.74, 6) is 1.66. The molecule has 5 nitrogen and oxygen atoms in total. The minimum absolute atomic E-state index is 0.0506. The zero-order valence-electron chi connectivity index (χ0n) is 11.7. The fourth-order valence-corrected chi connectivity index (χ4v) is 2.61. The quantitative estimate of drug-likeness (QED) is 0.892. The normalized spacial score (nSPS) is 23.0. The Labute approximate surface area is 114 Å². The van der Waals surface area contributed by atoms with E-state index in [-0.39, 0.29) is 6.03 Å². The van der Waals surface area contributed by atoms with Crippen molar-refractivity contribution in [3.05, 3.63) is 18.3 Å². The van der Waals surface area contributed by atoms with Gasteiger partial charge in [0, 0.05) is 19.2 Å². The Morgan fingerprint density at radius 3 is 2.58 bits per heavy atom. The molecule has 2 rings (SSSR count). The lowest BCUT2D eigenvalue weighted by Gasteiger charge is -2.34. The lowest BCUT2D eigenvalue weighted by Crippen LogP contribution is -2.44. The number of nitrogens with zero attached hydrogens (tertiary/aromatic N) is 2. The van der Waals surface area contributed by atoms with E-state index in [0.29, 0.717) is 23.4 Å². The third-order valence-corrected chi connectivity index (χ3v) is 3.35. The van der Waals surface area contributed by atoms with Crippen molar-refractivity contribution in [3.63, 3.8) is 0 Å². The molecule has 2 atom stereocenters. The maximum Gasteiger partial charge on any atom is 0.321 e. The highest BCUT2D eigenvalue weighted by Crippen LogP contribution is 2.21. The van der Waals surface area contributed by atoms with Crippen molar-refractivity contribution in [2.75, 3.05) is 25.5 Å². The van der Waals surface area contributed by atoms with E-state index in [9.17, 15) is 4.79 Å². The van der Waals surface area contributed by atoms with Crippen molar-refractivity contribution < 1.29 is 9.53 Å². The van der Waals surface area contributed by atoms with Crippen LogP contribution in [0.15, 0.2) is 18.3 Å². The topological polar surface area (TPSA) is 54.5 Å². The van der Waals surface area contributed by atoms with Crippen molar-refractivity contribution in [2.24, 2.45) is 11.8 Å².